The van der Waals surface area contributed by atoms with Gasteiger partial charge in [-0.1, -0.05) is 60.1 Å². The third-order valence-corrected chi connectivity index (χ3v) is 7.04. The number of aromatic nitrogens is 3. The number of piperazine rings is 1. The van der Waals surface area contributed by atoms with E-state index in [9.17, 15) is 10.1 Å². The summed E-state index contributed by atoms with van der Waals surface area (Å²) in [7, 11) is 0. The van der Waals surface area contributed by atoms with Crippen molar-refractivity contribution in [2.75, 3.05) is 31.1 Å². The minimum atomic E-state index is -0.325. The molecule has 1 saturated heterocycles. The molecule has 0 N–H and O–H groups in total. The molecule has 10 heteroatoms. The number of aryl methyl sites for hydroxylation is 2. The average molecular weight is 530 g/mol. The predicted octanol–water partition coefficient (Wildman–Crippen LogP) is 5.25. The zero-order valence-corrected chi connectivity index (χ0v) is 22.0. The molecule has 0 saturated carbocycles. The van der Waals surface area contributed by atoms with Crippen molar-refractivity contribution in [1.82, 2.24) is 19.8 Å². The number of halogens is 1. The second kappa shape index (κ2) is 11.1. The summed E-state index contributed by atoms with van der Waals surface area (Å²) in [6, 6.07) is 23.7. The van der Waals surface area contributed by atoms with E-state index in [0.29, 0.717) is 41.0 Å². The maximum Gasteiger partial charge on any atom is 0.293 e. The molecule has 5 rings (SSSR count). The maximum atomic E-state index is 12.0. The number of rotatable bonds is 7. The lowest BCUT2D eigenvalue weighted by Gasteiger charge is -2.40. The fourth-order valence-corrected chi connectivity index (χ4v) is 5.03. The summed E-state index contributed by atoms with van der Waals surface area (Å²) in [4.78, 5) is 16.2. The summed E-state index contributed by atoms with van der Waals surface area (Å²) in [6.07, 6.45) is 1.59. The third kappa shape index (κ3) is 5.44. The van der Waals surface area contributed by atoms with Crippen LogP contribution in [0.4, 0.5) is 11.4 Å². The first-order valence-corrected chi connectivity index (χ1v) is 12.8. The van der Waals surface area contributed by atoms with E-state index in [1.165, 1.54) is 11.1 Å². The molecule has 1 aromatic heterocycles. The number of benzene rings is 3. The van der Waals surface area contributed by atoms with Crippen LogP contribution in [0, 0.1) is 24.0 Å². The van der Waals surface area contributed by atoms with Gasteiger partial charge in [0.2, 0.25) is 0 Å². The van der Waals surface area contributed by atoms with E-state index >= 15 is 0 Å². The van der Waals surface area contributed by atoms with Crippen LogP contribution >= 0.6 is 11.6 Å². The second-order valence-corrected chi connectivity index (χ2v) is 9.68. The standard InChI is InChI=1S/C28H28ClN7O2/c1-20-31-32-21(2)35(20)30-19-22-8-13-26(27(18-22)36(37)38)33-14-16-34(17-15-33)28(23-6-4-3-5-7-23)24-9-11-25(29)12-10-24/h3-13,18-19,28H,14-17H2,1-2H3. The molecule has 2 heterocycles. The first-order chi connectivity index (χ1) is 18.4. The summed E-state index contributed by atoms with van der Waals surface area (Å²) in [6.45, 7) is 6.47. The molecule has 1 aliphatic rings. The van der Waals surface area contributed by atoms with Crippen molar-refractivity contribution >= 4 is 29.2 Å². The highest BCUT2D eigenvalue weighted by atomic mass is 35.5. The average Bonchev–Trinajstić information content (AvgIpc) is 3.26. The normalized spacial score (nSPS) is 15.2. The lowest BCUT2D eigenvalue weighted by atomic mass is 9.96. The fraction of sp³-hybridized carbons (Fsp3) is 0.250. The highest BCUT2D eigenvalue weighted by Crippen LogP contribution is 2.34. The summed E-state index contributed by atoms with van der Waals surface area (Å²) in [5.74, 6) is 1.30. The summed E-state index contributed by atoms with van der Waals surface area (Å²) < 4.78 is 1.60. The van der Waals surface area contributed by atoms with E-state index in [1.54, 1.807) is 30.8 Å². The molecule has 9 nitrogen and oxygen atoms in total. The first-order valence-electron chi connectivity index (χ1n) is 12.4. The van der Waals surface area contributed by atoms with E-state index in [0.717, 1.165) is 13.1 Å². The largest absolute Gasteiger partial charge is 0.363 e. The van der Waals surface area contributed by atoms with Gasteiger partial charge in [0.25, 0.3) is 5.69 Å². The number of nitro groups is 1. The topological polar surface area (TPSA) is 92.7 Å². The van der Waals surface area contributed by atoms with E-state index in [1.807, 2.05) is 30.3 Å². The third-order valence-electron chi connectivity index (χ3n) is 6.79. The molecule has 194 valence electrons. The van der Waals surface area contributed by atoms with E-state index in [-0.39, 0.29) is 16.7 Å². The molecule has 3 aromatic carbocycles. The lowest BCUT2D eigenvalue weighted by Crippen LogP contribution is -2.48. The van der Waals surface area contributed by atoms with Gasteiger partial charge >= 0.3 is 0 Å². The molecule has 38 heavy (non-hydrogen) atoms. The Morgan fingerprint density at radius 1 is 0.921 bits per heavy atom. The van der Waals surface area contributed by atoms with Crippen LogP contribution in [0.3, 0.4) is 0 Å². The van der Waals surface area contributed by atoms with Crippen LogP contribution in [-0.4, -0.2) is 57.1 Å². The summed E-state index contributed by atoms with van der Waals surface area (Å²) in [5, 5.41) is 25.1. The van der Waals surface area contributed by atoms with Gasteiger partial charge in [0.05, 0.1) is 17.2 Å². The molecule has 1 unspecified atom stereocenters. The van der Waals surface area contributed by atoms with Crippen LogP contribution in [0.5, 0.6) is 0 Å². The van der Waals surface area contributed by atoms with Gasteiger partial charge in [-0.05, 0) is 43.2 Å². The van der Waals surface area contributed by atoms with Crippen molar-refractivity contribution in [3.63, 3.8) is 0 Å². The van der Waals surface area contributed by atoms with Gasteiger partial charge < -0.3 is 4.90 Å². The molecule has 1 fully saturated rings. The molecule has 0 amide bonds. The molecule has 0 aliphatic carbocycles. The Bertz CT molecular complexity index is 1430. The van der Waals surface area contributed by atoms with Crippen molar-refractivity contribution in [2.45, 2.75) is 19.9 Å². The van der Waals surface area contributed by atoms with Crippen LogP contribution in [-0.2, 0) is 0 Å². The van der Waals surface area contributed by atoms with Crippen LogP contribution in [0.2, 0.25) is 5.02 Å². The quantitative estimate of drug-likeness (QED) is 0.184. The van der Waals surface area contributed by atoms with Crippen LogP contribution < -0.4 is 4.90 Å². The van der Waals surface area contributed by atoms with Gasteiger partial charge in [-0.25, -0.2) is 4.68 Å². The summed E-state index contributed by atoms with van der Waals surface area (Å²) >= 11 is 6.16. The zero-order valence-electron chi connectivity index (χ0n) is 21.2. The molecule has 1 atom stereocenters. The molecule has 4 aromatic rings. The van der Waals surface area contributed by atoms with Gasteiger partial charge in [0.15, 0.2) is 11.6 Å². The SMILES string of the molecule is Cc1nnc(C)n1N=Cc1ccc(N2CCN(C(c3ccccc3)c3ccc(Cl)cc3)CC2)c([N+](=O)[O-])c1. The first kappa shape index (κ1) is 25.6. The van der Waals surface area contributed by atoms with Crippen LogP contribution in [0.1, 0.15) is 34.4 Å². The van der Waals surface area contributed by atoms with Crippen molar-refractivity contribution in [2.24, 2.45) is 5.10 Å². The van der Waals surface area contributed by atoms with Crippen molar-refractivity contribution in [1.29, 1.82) is 0 Å². The van der Waals surface area contributed by atoms with Gasteiger partial charge in [0, 0.05) is 42.8 Å². The smallest absolute Gasteiger partial charge is 0.293 e. The van der Waals surface area contributed by atoms with E-state index < -0.39 is 0 Å². The van der Waals surface area contributed by atoms with Crippen molar-refractivity contribution in [3.8, 4) is 0 Å². The monoisotopic (exact) mass is 529 g/mol. The Labute approximate surface area is 226 Å². The number of hydrogen-bond donors (Lipinski definition) is 0. The highest BCUT2D eigenvalue weighted by molar-refractivity contribution is 6.30. The molecule has 0 bridgehead atoms. The Morgan fingerprint density at radius 3 is 2.18 bits per heavy atom. The van der Waals surface area contributed by atoms with Gasteiger partial charge in [0.1, 0.15) is 5.69 Å². The molecular formula is C28H28ClN7O2. The molecule has 1 aliphatic heterocycles. The van der Waals surface area contributed by atoms with E-state index in [4.69, 9.17) is 11.6 Å². The maximum absolute atomic E-state index is 12.0. The number of nitro benzene ring substituents is 1. The van der Waals surface area contributed by atoms with Crippen molar-refractivity contribution in [3.05, 3.63) is 116 Å². The molecular weight excluding hydrogens is 502 g/mol. The van der Waals surface area contributed by atoms with E-state index in [2.05, 4.69) is 61.5 Å². The lowest BCUT2D eigenvalue weighted by molar-refractivity contribution is -0.384. The zero-order chi connectivity index (χ0) is 26.6. The Morgan fingerprint density at radius 2 is 1.55 bits per heavy atom. The highest BCUT2D eigenvalue weighted by Gasteiger charge is 2.29. The van der Waals surface area contributed by atoms with Crippen molar-refractivity contribution < 1.29 is 4.92 Å². The number of nitrogens with zero attached hydrogens (tertiary/aromatic N) is 7. The van der Waals surface area contributed by atoms with Crippen LogP contribution in [0.15, 0.2) is 77.9 Å². The minimum absolute atomic E-state index is 0.0666. The molecule has 0 radical (unpaired) electrons. The fourth-order valence-electron chi connectivity index (χ4n) is 4.91. The van der Waals surface area contributed by atoms with Crippen LogP contribution in [0.25, 0.3) is 0 Å². The number of hydrogen-bond acceptors (Lipinski definition) is 7. The minimum Gasteiger partial charge on any atom is -0.363 e. The second-order valence-electron chi connectivity index (χ2n) is 9.24. The predicted molar refractivity (Wildman–Crippen MR) is 149 cm³/mol. The Hall–Kier alpha value is -4.08. The number of anilines is 1. The molecule has 0 spiro atoms. The van der Waals surface area contributed by atoms with Gasteiger partial charge in [-0.2, -0.15) is 5.10 Å². The summed E-state index contributed by atoms with van der Waals surface area (Å²) in [5.41, 5.74) is 3.69. The van der Waals surface area contributed by atoms with Gasteiger partial charge in [-0.3, -0.25) is 15.0 Å². The van der Waals surface area contributed by atoms with Gasteiger partial charge in [-0.15, -0.1) is 10.2 Å². The Balaban J connectivity index is 1.36. The Kier molecular flexibility index (Phi) is 7.48.